The van der Waals surface area contributed by atoms with Crippen molar-refractivity contribution >= 4 is 28.2 Å². The van der Waals surface area contributed by atoms with Crippen molar-refractivity contribution in [2.24, 2.45) is 16.9 Å². The normalized spacial score (nSPS) is 20.8. The number of nitrogens with one attached hydrogen (secondary N) is 2. The third-order valence-electron chi connectivity index (χ3n) is 6.21. The number of rotatable bonds is 9. The summed E-state index contributed by atoms with van der Waals surface area (Å²) in [5.41, 5.74) is 0.643. The number of benzene rings is 1. The Morgan fingerprint density at radius 1 is 1.18 bits per heavy atom. The van der Waals surface area contributed by atoms with Crippen molar-refractivity contribution in [2.45, 2.75) is 50.4 Å². The molecule has 2 fully saturated rings. The van der Waals surface area contributed by atoms with Gasteiger partial charge in [0.1, 0.15) is 12.4 Å². The van der Waals surface area contributed by atoms with Crippen LogP contribution in [0.15, 0.2) is 35.4 Å². The average molecular weight is 479 g/mol. The Balaban J connectivity index is 1.50. The van der Waals surface area contributed by atoms with Crippen molar-refractivity contribution in [3.05, 3.63) is 35.9 Å². The molecule has 3 rings (SSSR count). The number of sulfonamides is 1. The molecule has 182 valence electrons. The fraction of sp³-hybridized carbons (Fsp3) is 0.591. The standard InChI is InChI=1S/C22H34N6O4S/c1-17(26-33(31,32)15-19-6-3-2-4-7-19)22(30)28-11-5-8-20(28)21(29)24-14-18-9-12-27(13-10-18)16-25-23/h2-4,6-7,16-18,20,26H,5,8-15,23H2,1H3,(H,24,29)/t17-,20+/m1/s1. The number of hydrogen-bond acceptors (Lipinski definition) is 6. The van der Waals surface area contributed by atoms with Crippen molar-refractivity contribution < 1.29 is 18.0 Å². The third kappa shape index (κ3) is 7.16. The van der Waals surface area contributed by atoms with Crippen LogP contribution < -0.4 is 15.9 Å². The molecule has 4 N–H and O–H groups in total. The van der Waals surface area contributed by atoms with Gasteiger partial charge < -0.3 is 21.0 Å². The molecule has 0 unspecified atom stereocenters. The smallest absolute Gasteiger partial charge is 0.242 e. The van der Waals surface area contributed by atoms with E-state index in [9.17, 15) is 18.0 Å². The maximum absolute atomic E-state index is 13.0. The lowest BCUT2D eigenvalue weighted by molar-refractivity contribution is -0.139. The van der Waals surface area contributed by atoms with Crippen molar-refractivity contribution in [1.29, 1.82) is 0 Å². The summed E-state index contributed by atoms with van der Waals surface area (Å²) in [7, 11) is -3.70. The minimum Gasteiger partial charge on any atom is -0.361 e. The summed E-state index contributed by atoms with van der Waals surface area (Å²) >= 11 is 0. The number of hydrazone groups is 1. The summed E-state index contributed by atoms with van der Waals surface area (Å²) in [4.78, 5) is 29.4. The Kier molecular flexibility index (Phi) is 8.67. The number of piperidine rings is 1. The van der Waals surface area contributed by atoms with Gasteiger partial charge in [-0.1, -0.05) is 30.3 Å². The molecule has 11 heteroatoms. The molecule has 0 radical (unpaired) electrons. The molecule has 0 aliphatic carbocycles. The summed E-state index contributed by atoms with van der Waals surface area (Å²) in [5, 5.41) is 6.54. The number of amides is 2. The Hall–Kier alpha value is -2.66. The van der Waals surface area contributed by atoms with E-state index < -0.39 is 22.1 Å². The van der Waals surface area contributed by atoms with Gasteiger partial charge >= 0.3 is 0 Å². The topological polar surface area (TPSA) is 137 Å². The zero-order chi connectivity index (χ0) is 23.8. The Morgan fingerprint density at radius 2 is 1.88 bits per heavy atom. The molecule has 2 atom stereocenters. The zero-order valence-corrected chi connectivity index (χ0v) is 19.8. The van der Waals surface area contributed by atoms with E-state index in [-0.39, 0.29) is 17.6 Å². The molecule has 0 saturated carbocycles. The predicted molar refractivity (Wildman–Crippen MR) is 126 cm³/mol. The highest BCUT2D eigenvalue weighted by Gasteiger charge is 2.37. The van der Waals surface area contributed by atoms with Gasteiger partial charge in [-0.2, -0.15) is 5.10 Å². The van der Waals surface area contributed by atoms with Crippen LogP contribution >= 0.6 is 0 Å². The molecule has 1 aromatic carbocycles. The van der Waals surface area contributed by atoms with Gasteiger partial charge in [-0.3, -0.25) is 9.59 Å². The molecular weight excluding hydrogens is 444 g/mol. The molecule has 2 amide bonds. The van der Waals surface area contributed by atoms with Crippen molar-refractivity contribution in [3.63, 3.8) is 0 Å². The lowest BCUT2D eigenvalue weighted by atomic mass is 9.97. The number of nitrogens with two attached hydrogens (primary N) is 1. The van der Waals surface area contributed by atoms with Crippen LogP contribution in [0.5, 0.6) is 0 Å². The molecule has 0 spiro atoms. The predicted octanol–water partition coefficient (Wildman–Crippen LogP) is 0.216. The first kappa shape index (κ1) is 25.0. The molecule has 10 nitrogen and oxygen atoms in total. The average Bonchev–Trinajstić information content (AvgIpc) is 3.28. The fourth-order valence-corrected chi connectivity index (χ4v) is 5.79. The van der Waals surface area contributed by atoms with Crippen molar-refractivity contribution in [3.8, 4) is 0 Å². The van der Waals surface area contributed by atoms with Gasteiger partial charge in [0.15, 0.2) is 0 Å². The summed E-state index contributed by atoms with van der Waals surface area (Å²) in [5.74, 6) is 4.80. The maximum Gasteiger partial charge on any atom is 0.242 e. The van der Waals surface area contributed by atoms with Crippen LogP contribution in [0.3, 0.4) is 0 Å². The van der Waals surface area contributed by atoms with Crippen LogP contribution in [-0.4, -0.2) is 74.6 Å². The van der Waals surface area contributed by atoms with Gasteiger partial charge in [0.25, 0.3) is 0 Å². The lowest BCUT2D eigenvalue weighted by Gasteiger charge is -2.31. The zero-order valence-electron chi connectivity index (χ0n) is 19.0. The van der Waals surface area contributed by atoms with Crippen molar-refractivity contribution in [1.82, 2.24) is 19.8 Å². The van der Waals surface area contributed by atoms with E-state index >= 15 is 0 Å². The quantitative estimate of drug-likeness (QED) is 0.201. The van der Waals surface area contributed by atoms with E-state index in [0.29, 0.717) is 37.4 Å². The summed E-state index contributed by atoms with van der Waals surface area (Å²) < 4.78 is 27.5. The maximum atomic E-state index is 13.0. The van der Waals surface area contributed by atoms with Crippen LogP contribution in [0.25, 0.3) is 0 Å². The van der Waals surface area contributed by atoms with Gasteiger partial charge in [-0.15, -0.1) is 0 Å². The molecule has 2 aliphatic heterocycles. The Morgan fingerprint density at radius 3 is 2.55 bits per heavy atom. The summed E-state index contributed by atoms with van der Waals surface area (Å²) in [6.45, 7) is 4.21. The second-order valence-electron chi connectivity index (χ2n) is 8.76. The minimum absolute atomic E-state index is 0.175. The number of carbonyl (C=O) groups is 2. The van der Waals surface area contributed by atoms with Gasteiger partial charge in [0.05, 0.1) is 11.8 Å². The van der Waals surface area contributed by atoms with Crippen LogP contribution in [-0.2, 0) is 25.4 Å². The minimum atomic E-state index is -3.70. The number of likely N-dealkylation sites (tertiary alicyclic amines) is 2. The van der Waals surface area contributed by atoms with E-state index in [1.165, 1.54) is 11.8 Å². The van der Waals surface area contributed by atoms with Crippen LogP contribution in [0.4, 0.5) is 0 Å². The highest BCUT2D eigenvalue weighted by atomic mass is 32.2. The van der Waals surface area contributed by atoms with Gasteiger partial charge in [-0.05, 0) is 44.1 Å². The van der Waals surface area contributed by atoms with Crippen LogP contribution in [0.2, 0.25) is 0 Å². The molecule has 2 aliphatic rings. The molecule has 33 heavy (non-hydrogen) atoms. The van der Waals surface area contributed by atoms with E-state index in [0.717, 1.165) is 25.9 Å². The van der Waals surface area contributed by atoms with E-state index in [1.807, 2.05) is 6.07 Å². The molecule has 0 bridgehead atoms. The molecule has 2 heterocycles. The fourth-order valence-electron chi connectivity index (χ4n) is 4.44. The van der Waals surface area contributed by atoms with Gasteiger partial charge in [0, 0.05) is 26.2 Å². The van der Waals surface area contributed by atoms with Gasteiger partial charge in [-0.25, -0.2) is 13.1 Å². The lowest BCUT2D eigenvalue weighted by Crippen LogP contribution is -2.53. The summed E-state index contributed by atoms with van der Waals surface area (Å²) in [6, 6.07) is 7.29. The number of carbonyl (C=O) groups excluding carboxylic acids is 2. The monoisotopic (exact) mass is 478 g/mol. The van der Waals surface area contributed by atoms with E-state index in [4.69, 9.17) is 5.84 Å². The molecule has 2 saturated heterocycles. The second kappa shape index (κ2) is 11.5. The highest BCUT2D eigenvalue weighted by molar-refractivity contribution is 7.88. The first-order valence-corrected chi connectivity index (χ1v) is 13.0. The number of nitrogens with zero attached hydrogens (tertiary/aromatic N) is 3. The van der Waals surface area contributed by atoms with Gasteiger partial charge in [0.2, 0.25) is 21.8 Å². The van der Waals surface area contributed by atoms with E-state index in [1.54, 1.807) is 30.6 Å². The third-order valence-corrected chi connectivity index (χ3v) is 7.63. The number of hydrogen-bond donors (Lipinski definition) is 3. The molecule has 0 aromatic heterocycles. The van der Waals surface area contributed by atoms with E-state index in [2.05, 4.69) is 20.0 Å². The van der Waals surface area contributed by atoms with Crippen molar-refractivity contribution in [2.75, 3.05) is 26.2 Å². The summed E-state index contributed by atoms with van der Waals surface area (Å²) in [6.07, 6.45) is 4.78. The first-order chi connectivity index (χ1) is 15.8. The van der Waals surface area contributed by atoms with Crippen LogP contribution in [0.1, 0.15) is 38.2 Å². The Bertz CT molecular complexity index is 931. The first-order valence-electron chi connectivity index (χ1n) is 11.4. The molecular formula is C22H34N6O4S. The SMILES string of the molecule is C[C@@H](NS(=O)(=O)Cc1ccccc1)C(=O)N1CCC[C@H]1C(=O)NCC1CCN(C=NN)CC1. The molecule has 1 aromatic rings. The second-order valence-corrected chi connectivity index (χ2v) is 10.5. The Labute approximate surface area is 195 Å². The van der Waals surface area contributed by atoms with Crippen LogP contribution in [0, 0.1) is 5.92 Å². The highest BCUT2D eigenvalue weighted by Crippen LogP contribution is 2.20. The largest absolute Gasteiger partial charge is 0.361 e.